The first-order valence-electron chi connectivity index (χ1n) is 12.5. The minimum Gasteiger partial charge on any atom is -0.350 e. The van der Waals surface area contributed by atoms with E-state index in [4.69, 9.17) is 11.6 Å². The minimum absolute atomic E-state index is 0.127. The Hall–Kier alpha value is -2.90. The van der Waals surface area contributed by atoms with E-state index in [1.807, 2.05) is 6.07 Å². The lowest BCUT2D eigenvalue weighted by atomic mass is 9.80. The number of H-pyrrole nitrogens is 1. The van der Waals surface area contributed by atoms with E-state index >= 15 is 0 Å². The van der Waals surface area contributed by atoms with Crippen LogP contribution in [0.5, 0.6) is 0 Å². The van der Waals surface area contributed by atoms with Gasteiger partial charge in [0.15, 0.2) is 0 Å². The number of fused-ring (bicyclic) bond motifs is 1. The van der Waals surface area contributed by atoms with Gasteiger partial charge in [-0.05, 0) is 73.7 Å². The summed E-state index contributed by atoms with van der Waals surface area (Å²) in [5.41, 5.74) is 4.33. The molecule has 1 aliphatic heterocycles. The molecule has 2 amide bonds. The van der Waals surface area contributed by atoms with Crippen molar-refractivity contribution in [3.05, 3.63) is 64.4 Å². The van der Waals surface area contributed by atoms with Crippen LogP contribution in [0, 0.1) is 5.92 Å². The predicted molar refractivity (Wildman–Crippen MR) is 137 cm³/mol. The van der Waals surface area contributed by atoms with Crippen molar-refractivity contribution in [1.29, 1.82) is 0 Å². The number of pyridine rings is 1. The van der Waals surface area contributed by atoms with Gasteiger partial charge < -0.3 is 20.9 Å². The van der Waals surface area contributed by atoms with Crippen LogP contribution in [0.2, 0.25) is 5.02 Å². The van der Waals surface area contributed by atoms with Crippen LogP contribution in [-0.2, 0) is 22.6 Å². The number of halogens is 1. The van der Waals surface area contributed by atoms with Gasteiger partial charge in [0, 0.05) is 24.3 Å². The average Bonchev–Trinajstić information content (AvgIpc) is 3.44. The van der Waals surface area contributed by atoms with Gasteiger partial charge in [0.05, 0.1) is 11.1 Å². The highest BCUT2D eigenvalue weighted by molar-refractivity contribution is 6.35. The van der Waals surface area contributed by atoms with Crippen molar-refractivity contribution < 1.29 is 9.59 Å². The van der Waals surface area contributed by atoms with Crippen LogP contribution in [0.3, 0.4) is 0 Å². The number of nitrogens with zero attached hydrogens (tertiary/aromatic N) is 1. The Balaban J connectivity index is 1.07. The first-order chi connectivity index (χ1) is 17.0. The topological polar surface area (TPSA) is 98.9 Å². The summed E-state index contributed by atoms with van der Waals surface area (Å²) in [7, 11) is 0. The van der Waals surface area contributed by atoms with Gasteiger partial charge in [-0.1, -0.05) is 42.3 Å². The van der Waals surface area contributed by atoms with E-state index in [2.05, 4.69) is 50.2 Å². The molecule has 2 aromatic heterocycles. The van der Waals surface area contributed by atoms with E-state index < -0.39 is 6.04 Å². The summed E-state index contributed by atoms with van der Waals surface area (Å²) in [5.74, 6) is 0.798. The van der Waals surface area contributed by atoms with E-state index in [-0.39, 0.29) is 17.9 Å². The van der Waals surface area contributed by atoms with E-state index in [0.29, 0.717) is 23.1 Å². The van der Waals surface area contributed by atoms with Crippen molar-refractivity contribution in [3.63, 3.8) is 0 Å². The Morgan fingerprint density at radius 2 is 2.00 bits per heavy atom. The minimum atomic E-state index is -0.630. The number of amides is 2. The molecule has 3 aromatic rings. The summed E-state index contributed by atoms with van der Waals surface area (Å²) in [6.45, 7) is 2.82. The van der Waals surface area contributed by atoms with Crippen LogP contribution in [0.25, 0.3) is 11.0 Å². The molecule has 184 valence electrons. The van der Waals surface area contributed by atoms with Crippen LogP contribution >= 0.6 is 11.6 Å². The number of aromatic nitrogens is 2. The molecule has 35 heavy (non-hydrogen) atoms. The average molecular weight is 494 g/mol. The highest BCUT2D eigenvalue weighted by atomic mass is 35.5. The fourth-order valence-corrected chi connectivity index (χ4v) is 5.20. The van der Waals surface area contributed by atoms with Crippen molar-refractivity contribution >= 4 is 34.4 Å². The lowest BCUT2D eigenvalue weighted by Gasteiger charge is -2.25. The molecule has 5 rings (SSSR count). The zero-order valence-electron chi connectivity index (χ0n) is 19.9. The summed E-state index contributed by atoms with van der Waals surface area (Å²) in [5, 5.41) is 10.5. The van der Waals surface area contributed by atoms with Gasteiger partial charge in [0.25, 0.3) is 0 Å². The van der Waals surface area contributed by atoms with Crippen LogP contribution in [-0.4, -0.2) is 40.4 Å². The number of carbonyl (C=O) groups is 2. The first-order valence-corrected chi connectivity index (χ1v) is 12.9. The Morgan fingerprint density at radius 1 is 1.20 bits per heavy atom. The Morgan fingerprint density at radius 3 is 2.74 bits per heavy atom. The highest BCUT2D eigenvalue weighted by Gasteiger charge is 2.31. The fraction of sp³-hybridized carbons (Fsp3) is 0.444. The van der Waals surface area contributed by atoms with Gasteiger partial charge in [-0.15, -0.1) is 0 Å². The van der Waals surface area contributed by atoms with Crippen LogP contribution in [0.4, 0.5) is 0 Å². The molecule has 0 unspecified atom stereocenters. The molecule has 2 aliphatic rings. The van der Waals surface area contributed by atoms with E-state index in [1.54, 1.807) is 19.3 Å². The molecule has 2 fully saturated rings. The molecular formula is C27H32ClN5O2. The summed E-state index contributed by atoms with van der Waals surface area (Å²) in [4.78, 5) is 32.6. The number of rotatable bonds is 8. The maximum atomic E-state index is 12.8. The Kier molecular flexibility index (Phi) is 7.07. The molecule has 0 bridgehead atoms. The normalized spacial score (nSPS) is 21.0. The molecular weight excluding hydrogens is 462 g/mol. The second-order valence-corrected chi connectivity index (χ2v) is 10.4. The molecule has 3 atom stereocenters. The smallest absolute Gasteiger partial charge is 0.242 e. The second kappa shape index (κ2) is 10.4. The van der Waals surface area contributed by atoms with E-state index in [0.717, 1.165) is 36.3 Å². The molecule has 8 heteroatoms. The monoisotopic (exact) mass is 493 g/mol. The zero-order chi connectivity index (χ0) is 24.4. The lowest BCUT2D eigenvalue weighted by molar-refractivity contribution is -0.129. The van der Waals surface area contributed by atoms with Crippen LogP contribution in [0.1, 0.15) is 55.2 Å². The zero-order valence-corrected chi connectivity index (χ0v) is 20.7. The van der Waals surface area contributed by atoms with Gasteiger partial charge in [0.2, 0.25) is 11.8 Å². The molecule has 1 saturated heterocycles. The Labute approximate surface area is 210 Å². The molecule has 0 spiro atoms. The number of hydrogen-bond donors (Lipinski definition) is 4. The van der Waals surface area contributed by atoms with Crippen molar-refractivity contribution in [2.24, 2.45) is 5.92 Å². The van der Waals surface area contributed by atoms with Gasteiger partial charge in [0.1, 0.15) is 11.7 Å². The molecule has 1 saturated carbocycles. The molecule has 4 N–H and O–H groups in total. The summed E-state index contributed by atoms with van der Waals surface area (Å²) in [6.07, 6.45) is 9.09. The Bertz CT molecular complexity index is 1200. The second-order valence-electron chi connectivity index (χ2n) is 9.96. The standard InChI is InChI=1S/C27H32ClN5O2/c1-16(26(34)32-14-19-10-22-23(28)15-31-25(22)30-13-19)33-27(35)24-11-18(12-29-24)9-17-5-7-21(8-6-17)20-3-2-4-20/h5-8,10,13,15-16,18,20,24,29H,2-4,9,11-12,14H2,1H3,(H,30,31)(H,32,34)(H,33,35)/t16-,18-,24+/m0/s1. The fourth-order valence-electron chi connectivity index (χ4n) is 5.00. The third-order valence-corrected chi connectivity index (χ3v) is 7.69. The first kappa shape index (κ1) is 23.8. The number of benzene rings is 1. The quantitative estimate of drug-likeness (QED) is 0.383. The van der Waals surface area contributed by atoms with Gasteiger partial charge in [-0.25, -0.2) is 4.98 Å². The molecule has 0 radical (unpaired) electrons. The largest absolute Gasteiger partial charge is 0.350 e. The molecule has 7 nitrogen and oxygen atoms in total. The number of nitrogens with one attached hydrogen (secondary N) is 4. The van der Waals surface area contributed by atoms with Crippen molar-refractivity contribution in [3.8, 4) is 0 Å². The molecule has 1 aromatic carbocycles. The van der Waals surface area contributed by atoms with Crippen molar-refractivity contribution in [1.82, 2.24) is 25.9 Å². The van der Waals surface area contributed by atoms with Gasteiger partial charge >= 0.3 is 0 Å². The molecule has 3 heterocycles. The lowest BCUT2D eigenvalue weighted by Crippen LogP contribution is -2.49. The van der Waals surface area contributed by atoms with Crippen LogP contribution < -0.4 is 16.0 Å². The summed E-state index contributed by atoms with van der Waals surface area (Å²) < 4.78 is 0. The number of aromatic amines is 1. The summed E-state index contributed by atoms with van der Waals surface area (Å²) >= 11 is 6.15. The number of hydrogen-bond acceptors (Lipinski definition) is 4. The van der Waals surface area contributed by atoms with E-state index in [1.165, 1.54) is 30.4 Å². The SMILES string of the molecule is C[C@H](NC(=O)[C@H]1C[C@H](Cc2ccc(C3CCC3)cc2)CN1)C(=O)NCc1cnc2[nH]cc(Cl)c2c1. The van der Waals surface area contributed by atoms with Crippen LogP contribution in [0.15, 0.2) is 42.7 Å². The number of carbonyl (C=O) groups excluding carboxylic acids is 2. The van der Waals surface area contributed by atoms with Crippen molar-refractivity contribution in [2.45, 2.75) is 63.6 Å². The summed E-state index contributed by atoms with van der Waals surface area (Å²) in [6, 6.07) is 10.0. The maximum Gasteiger partial charge on any atom is 0.242 e. The van der Waals surface area contributed by atoms with Crippen molar-refractivity contribution in [2.75, 3.05) is 6.54 Å². The van der Waals surface area contributed by atoms with E-state index in [9.17, 15) is 9.59 Å². The molecule has 1 aliphatic carbocycles. The third kappa shape index (κ3) is 5.52. The highest BCUT2D eigenvalue weighted by Crippen LogP contribution is 2.36. The third-order valence-electron chi connectivity index (χ3n) is 7.38. The maximum absolute atomic E-state index is 12.8. The predicted octanol–water partition coefficient (Wildman–Crippen LogP) is 3.83. The van der Waals surface area contributed by atoms with Gasteiger partial charge in [-0.2, -0.15) is 0 Å². The van der Waals surface area contributed by atoms with Gasteiger partial charge in [-0.3, -0.25) is 9.59 Å².